The van der Waals surface area contributed by atoms with E-state index < -0.39 is 28.8 Å². The van der Waals surface area contributed by atoms with E-state index in [0.29, 0.717) is 30.4 Å². The first kappa shape index (κ1) is 19.0. The first-order valence-electron chi connectivity index (χ1n) is 8.26. The minimum Gasteiger partial charge on any atom is -0.486 e. The number of furan rings is 1. The maximum Gasteiger partial charge on any atom is 0.433 e. The quantitative estimate of drug-likeness (QED) is 0.346. The van der Waals surface area contributed by atoms with Crippen molar-refractivity contribution in [2.75, 3.05) is 18.5 Å². The van der Waals surface area contributed by atoms with Gasteiger partial charge < -0.3 is 23.9 Å². The van der Waals surface area contributed by atoms with Crippen molar-refractivity contribution >= 4 is 29.5 Å². The lowest BCUT2D eigenvalue weighted by atomic mass is 10.2. The van der Waals surface area contributed by atoms with Gasteiger partial charge >= 0.3 is 11.9 Å². The Balaban J connectivity index is 1.53. The van der Waals surface area contributed by atoms with Crippen LogP contribution in [0.1, 0.15) is 12.7 Å². The molecule has 1 aliphatic heterocycles. The van der Waals surface area contributed by atoms with Crippen LogP contribution in [0, 0.1) is 10.1 Å². The highest BCUT2D eigenvalue weighted by atomic mass is 16.6. The molecule has 0 bridgehead atoms. The number of esters is 1. The molecule has 1 N–H and O–H groups in total. The van der Waals surface area contributed by atoms with E-state index in [-0.39, 0.29) is 5.76 Å². The molecule has 0 fully saturated rings. The van der Waals surface area contributed by atoms with E-state index in [4.69, 9.17) is 18.6 Å². The van der Waals surface area contributed by atoms with Gasteiger partial charge in [0, 0.05) is 17.8 Å². The molecule has 1 atom stereocenters. The average Bonchev–Trinajstić information content (AvgIpc) is 3.15. The Morgan fingerprint density at radius 3 is 2.68 bits per heavy atom. The molecule has 1 aromatic heterocycles. The van der Waals surface area contributed by atoms with Crippen LogP contribution in [0.25, 0.3) is 6.08 Å². The molecular weight excluding hydrogens is 372 g/mol. The van der Waals surface area contributed by atoms with Crippen LogP contribution in [0.3, 0.4) is 0 Å². The summed E-state index contributed by atoms with van der Waals surface area (Å²) in [5, 5.41) is 13.2. The molecule has 10 heteroatoms. The van der Waals surface area contributed by atoms with Crippen molar-refractivity contribution in [3.8, 4) is 11.5 Å². The molecule has 0 aliphatic carbocycles. The fourth-order valence-electron chi connectivity index (χ4n) is 2.31. The number of carbonyl (C=O) groups is 2. The molecule has 2 aromatic rings. The van der Waals surface area contributed by atoms with Gasteiger partial charge in [-0.3, -0.25) is 14.9 Å². The molecule has 3 rings (SSSR count). The number of benzene rings is 1. The third-order valence-electron chi connectivity index (χ3n) is 3.65. The normalized spacial score (nSPS) is 13.8. The Kier molecular flexibility index (Phi) is 5.58. The van der Waals surface area contributed by atoms with Gasteiger partial charge in [-0.1, -0.05) is 0 Å². The molecule has 1 aromatic carbocycles. The molecular formula is C18H16N2O8. The van der Waals surface area contributed by atoms with Gasteiger partial charge in [-0.05, 0) is 31.2 Å². The Hall–Kier alpha value is -3.82. The number of ether oxygens (including phenoxy) is 3. The minimum absolute atomic E-state index is 0.108. The third-order valence-corrected chi connectivity index (χ3v) is 3.65. The largest absolute Gasteiger partial charge is 0.486 e. The van der Waals surface area contributed by atoms with Crippen LogP contribution in [0.4, 0.5) is 11.6 Å². The van der Waals surface area contributed by atoms with E-state index >= 15 is 0 Å². The second kappa shape index (κ2) is 8.25. The first-order valence-corrected chi connectivity index (χ1v) is 8.26. The van der Waals surface area contributed by atoms with E-state index in [1.807, 2.05) is 0 Å². The average molecular weight is 388 g/mol. The zero-order valence-electron chi connectivity index (χ0n) is 14.7. The minimum atomic E-state index is -1.07. The summed E-state index contributed by atoms with van der Waals surface area (Å²) < 4.78 is 20.7. The summed E-state index contributed by atoms with van der Waals surface area (Å²) in [7, 11) is 0. The van der Waals surface area contributed by atoms with Crippen molar-refractivity contribution in [3.05, 3.63) is 52.3 Å². The lowest BCUT2D eigenvalue weighted by Crippen LogP contribution is -2.29. The maximum absolute atomic E-state index is 12.2. The Bertz CT molecular complexity index is 933. The summed E-state index contributed by atoms with van der Waals surface area (Å²) in [4.78, 5) is 33.8. The number of carbonyl (C=O) groups excluding carboxylic acids is 2. The van der Waals surface area contributed by atoms with Crippen molar-refractivity contribution in [2.45, 2.75) is 13.0 Å². The fourth-order valence-corrected chi connectivity index (χ4v) is 2.31. The zero-order chi connectivity index (χ0) is 20.1. The number of nitrogens with zero attached hydrogens (tertiary/aromatic N) is 1. The topological polar surface area (TPSA) is 130 Å². The van der Waals surface area contributed by atoms with Gasteiger partial charge in [-0.2, -0.15) is 0 Å². The van der Waals surface area contributed by atoms with Gasteiger partial charge in [0.2, 0.25) is 0 Å². The summed E-state index contributed by atoms with van der Waals surface area (Å²) in [6.07, 6.45) is 1.15. The summed E-state index contributed by atoms with van der Waals surface area (Å²) >= 11 is 0. The number of fused-ring (bicyclic) bond motifs is 1. The Morgan fingerprint density at radius 2 is 1.96 bits per heavy atom. The van der Waals surface area contributed by atoms with Gasteiger partial charge in [-0.25, -0.2) is 4.79 Å². The number of hydrogen-bond donors (Lipinski definition) is 1. The highest BCUT2D eigenvalue weighted by Gasteiger charge is 2.19. The highest BCUT2D eigenvalue weighted by Crippen LogP contribution is 2.32. The molecule has 2 heterocycles. The summed E-state index contributed by atoms with van der Waals surface area (Å²) in [5.41, 5.74) is 0.468. The van der Waals surface area contributed by atoms with Crippen molar-refractivity contribution in [1.29, 1.82) is 0 Å². The van der Waals surface area contributed by atoms with Gasteiger partial charge in [0.15, 0.2) is 17.6 Å². The van der Waals surface area contributed by atoms with E-state index in [9.17, 15) is 19.7 Å². The highest BCUT2D eigenvalue weighted by molar-refractivity contribution is 5.96. The van der Waals surface area contributed by atoms with Gasteiger partial charge in [0.1, 0.15) is 23.9 Å². The van der Waals surface area contributed by atoms with E-state index in [1.165, 1.54) is 19.1 Å². The molecule has 0 saturated carbocycles. The van der Waals surface area contributed by atoms with Crippen molar-refractivity contribution in [1.82, 2.24) is 0 Å². The van der Waals surface area contributed by atoms with Crippen LogP contribution < -0.4 is 14.8 Å². The Morgan fingerprint density at radius 1 is 1.21 bits per heavy atom. The molecule has 0 unspecified atom stereocenters. The van der Waals surface area contributed by atoms with E-state index in [1.54, 1.807) is 18.2 Å². The first-order chi connectivity index (χ1) is 13.4. The monoisotopic (exact) mass is 388 g/mol. The molecule has 10 nitrogen and oxygen atoms in total. The van der Waals surface area contributed by atoms with Gasteiger partial charge in [0.05, 0.1) is 6.07 Å². The predicted molar refractivity (Wildman–Crippen MR) is 96.0 cm³/mol. The number of anilines is 1. The molecule has 1 aliphatic rings. The number of amides is 1. The molecule has 0 radical (unpaired) electrons. The smallest absolute Gasteiger partial charge is 0.433 e. The second-order valence-corrected chi connectivity index (χ2v) is 5.69. The molecule has 28 heavy (non-hydrogen) atoms. The zero-order valence-corrected chi connectivity index (χ0v) is 14.7. The van der Waals surface area contributed by atoms with Crippen molar-refractivity contribution in [3.63, 3.8) is 0 Å². The number of hydrogen-bond acceptors (Lipinski definition) is 8. The second-order valence-electron chi connectivity index (χ2n) is 5.69. The number of nitrogens with one attached hydrogen (secondary N) is 1. The maximum atomic E-state index is 12.2. The third kappa shape index (κ3) is 4.67. The predicted octanol–water partition coefficient (Wildman–Crippen LogP) is 2.54. The molecule has 1 amide bonds. The fraction of sp³-hybridized carbons (Fsp3) is 0.222. The summed E-state index contributed by atoms with van der Waals surface area (Å²) in [6, 6.07) is 7.43. The van der Waals surface area contributed by atoms with Gasteiger partial charge in [-0.15, -0.1) is 0 Å². The van der Waals surface area contributed by atoms with Crippen molar-refractivity contribution < 1.29 is 33.1 Å². The van der Waals surface area contributed by atoms with Crippen molar-refractivity contribution in [2.24, 2.45) is 0 Å². The van der Waals surface area contributed by atoms with E-state index in [0.717, 1.165) is 12.1 Å². The lowest BCUT2D eigenvalue weighted by molar-refractivity contribution is -0.402. The molecule has 146 valence electrons. The Labute approximate surface area is 158 Å². The SMILES string of the molecule is C[C@H](OC(=O)/C=C/c1ccc([N+](=O)[O-])o1)C(=O)Nc1ccc2c(c1)OCCO2. The van der Waals surface area contributed by atoms with Crippen LogP contribution in [0.2, 0.25) is 0 Å². The van der Waals surface area contributed by atoms with Crippen LogP contribution in [-0.4, -0.2) is 36.1 Å². The standard InChI is InChI=1S/C18H16N2O8/c1-11(27-17(21)7-4-13-3-6-16(28-13)20(23)24)18(22)19-12-2-5-14-15(10-12)26-9-8-25-14/h2-7,10-11H,8-9H2,1H3,(H,19,22)/b7-4+/t11-/m0/s1. The lowest BCUT2D eigenvalue weighted by Gasteiger charge is -2.19. The van der Waals surface area contributed by atoms with E-state index in [2.05, 4.69) is 5.32 Å². The van der Waals surface area contributed by atoms with Crippen LogP contribution in [0.15, 0.2) is 40.8 Å². The number of rotatable bonds is 6. The number of nitro groups is 1. The van der Waals surface area contributed by atoms with Crippen LogP contribution in [-0.2, 0) is 14.3 Å². The van der Waals surface area contributed by atoms with Crippen LogP contribution >= 0.6 is 0 Å². The van der Waals surface area contributed by atoms with Gasteiger partial charge in [0.25, 0.3) is 5.91 Å². The molecule has 0 spiro atoms. The van der Waals surface area contributed by atoms with Crippen LogP contribution in [0.5, 0.6) is 11.5 Å². The summed E-state index contributed by atoms with van der Waals surface area (Å²) in [5.74, 6) is -0.565. The summed E-state index contributed by atoms with van der Waals surface area (Å²) in [6.45, 7) is 2.30. The molecule has 0 saturated heterocycles.